The first kappa shape index (κ1) is 18.9. The zero-order chi connectivity index (χ0) is 19.9. The molecule has 5 heteroatoms. The average Bonchev–Trinajstić information content (AvgIpc) is 3.15. The highest BCUT2D eigenvalue weighted by molar-refractivity contribution is 7.15. The molecule has 4 nitrogen and oxygen atoms in total. The first-order chi connectivity index (χ1) is 14.3. The van der Waals surface area contributed by atoms with Crippen LogP contribution >= 0.6 is 11.3 Å². The lowest BCUT2D eigenvalue weighted by molar-refractivity contribution is 0.306. The molecule has 0 fully saturated rings. The fraction of sp³-hybridized carbons (Fsp3) is 0.0833. The van der Waals surface area contributed by atoms with Crippen LogP contribution in [0, 0.1) is 6.92 Å². The Morgan fingerprint density at radius 3 is 2.34 bits per heavy atom. The molecule has 0 amide bonds. The van der Waals surface area contributed by atoms with Gasteiger partial charge in [-0.2, -0.15) is 5.10 Å². The molecular formula is C24H21N3OS. The van der Waals surface area contributed by atoms with Gasteiger partial charge < -0.3 is 4.74 Å². The van der Waals surface area contributed by atoms with E-state index in [1.807, 2.05) is 60.7 Å². The summed E-state index contributed by atoms with van der Waals surface area (Å²) in [7, 11) is 0. The number of nitrogens with one attached hydrogen (secondary N) is 1. The lowest BCUT2D eigenvalue weighted by atomic mass is 10.1. The van der Waals surface area contributed by atoms with Crippen molar-refractivity contribution in [2.24, 2.45) is 5.10 Å². The summed E-state index contributed by atoms with van der Waals surface area (Å²) in [4.78, 5) is 5.81. The number of thiazole rings is 1. The van der Waals surface area contributed by atoms with E-state index in [0.717, 1.165) is 38.1 Å². The van der Waals surface area contributed by atoms with Gasteiger partial charge in [0.2, 0.25) is 5.13 Å². The minimum atomic E-state index is 0.559. The Hall–Kier alpha value is -3.44. The van der Waals surface area contributed by atoms with E-state index >= 15 is 0 Å². The monoisotopic (exact) mass is 399 g/mol. The number of ether oxygens (including phenoxy) is 1. The van der Waals surface area contributed by atoms with Gasteiger partial charge in [0, 0.05) is 10.4 Å². The molecule has 0 aliphatic carbocycles. The molecule has 0 aliphatic rings. The van der Waals surface area contributed by atoms with Gasteiger partial charge in [0.05, 0.1) is 11.9 Å². The topological polar surface area (TPSA) is 46.5 Å². The third-order valence-corrected chi connectivity index (χ3v) is 5.22. The maximum atomic E-state index is 5.81. The van der Waals surface area contributed by atoms with E-state index in [4.69, 9.17) is 4.74 Å². The highest BCUT2D eigenvalue weighted by Gasteiger charge is 2.08. The van der Waals surface area contributed by atoms with Crippen LogP contribution in [0.25, 0.3) is 11.3 Å². The standard InChI is InChI=1S/C24H21N3OS/c1-18-23(21-10-6-3-7-11-21)26-24(29-18)27-25-16-19-12-14-22(15-13-19)28-17-20-8-4-2-5-9-20/h2-16H,17H2,1H3,(H,26,27)/b25-16-. The van der Waals surface area contributed by atoms with Crippen molar-refractivity contribution in [3.05, 3.63) is 101 Å². The second kappa shape index (κ2) is 9.17. The van der Waals surface area contributed by atoms with Gasteiger partial charge in [-0.1, -0.05) is 60.7 Å². The zero-order valence-electron chi connectivity index (χ0n) is 16.1. The molecule has 1 heterocycles. The maximum Gasteiger partial charge on any atom is 0.204 e. The summed E-state index contributed by atoms with van der Waals surface area (Å²) in [6.07, 6.45) is 1.78. The summed E-state index contributed by atoms with van der Waals surface area (Å²) in [5, 5.41) is 5.09. The lowest BCUT2D eigenvalue weighted by Gasteiger charge is -2.06. The molecule has 3 aromatic carbocycles. The van der Waals surface area contributed by atoms with Crippen LogP contribution in [0.1, 0.15) is 16.0 Å². The predicted octanol–water partition coefficient (Wildman–Crippen LogP) is 6.14. The molecule has 4 rings (SSSR count). The second-order valence-electron chi connectivity index (χ2n) is 6.50. The number of aryl methyl sites for hydroxylation is 1. The van der Waals surface area contributed by atoms with Crippen molar-refractivity contribution in [3.8, 4) is 17.0 Å². The summed E-state index contributed by atoms with van der Waals surface area (Å²) in [6.45, 7) is 2.63. The molecule has 0 aliphatic heterocycles. The quantitative estimate of drug-likeness (QED) is 0.300. The van der Waals surface area contributed by atoms with E-state index in [2.05, 4.69) is 46.7 Å². The van der Waals surface area contributed by atoms with Crippen LogP contribution in [-0.2, 0) is 6.61 Å². The first-order valence-electron chi connectivity index (χ1n) is 9.37. The fourth-order valence-electron chi connectivity index (χ4n) is 2.86. The van der Waals surface area contributed by atoms with Crippen LogP contribution in [0.2, 0.25) is 0 Å². The zero-order valence-corrected chi connectivity index (χ0v) is 16.9. The van der Waals surface area contributed by atoms with E-state index in [1.165, 1.54) is 0 Å². The van der Waals surface area contributed by atoms with Crippen molar-refractivity contribution in [1.82, 2.24) is 4.98 Å². The van der Waals surface area contributed by atoms with Crippen LogP contribution in [0.3, 0.4) is 0 Å². The minimum Gasteiger partial charge on any atom is -0.489 e. The van der Waals surface area contributed by atoms with Crippen LogP contribution < -0.4 is 10.2 Å². The molecule has 1 N–H and O–H groups in total. The lowest BCUT2D eigenvalue weighted by Crippen LogP contribution is -1.95. The van der Waals surface area contributed by atoms with Gasteiger partial charge in [0.15, 0.2) is 0 Å². The molecule has 0 bridgehead atoms. The number of benzene rings is 3. The third-order valence-electron chi connectivity index (χ3n) is 4.35. The third kappa shape index (κ3) is 5.09. The molecule has 0 radical (unpaired) electrons. The Balaban J connectivity index is 1.34. The second-order valence-corrected chi connectivity index (χ2v) is 7.71. The van der Waals surface area contributed by atoms with Gasteiger partial charge in [0.1, 0.15) is 12.4 Å². The van der Waals surface area contributed by atoms with E-state index in [0.29, 0.717) is 6.61 Å². The molecule has 0 spiro atoms. The minimum absolute atomic E-state index is 0.559. The first-order valence-corrected chi connectivity index (χ1v) is 10.2. The Labute approximate surface area is 174 Å². The van der Waals surface area contributed by atoms with Crippen molar-refractivity contribution in [2.75, 3.05) is 5.43 Å². The van der Waals surface area contributed by atoms with E-state index in [1.54, 1.807) is 17.6 Å². The average molecular weight is 400 g/mol. The van der Waals surface area contributed by atoms with Crippen molar-refractivity contribution in [1.29, 1.82) is 0 Å². The van der Waals surface area contributed by atoms with Crippen molar-refractivity contribution in [2.45, 2.75) is 13.5 Å². The number of anilines is 1. The molecule has 1 aromatic heterocycles. The van der Waals surface area contributed by atoms with E-state index < -0.39 is 0 Å². The van der Waals surface area contributed by atoms with Crippen molar-refractivity contribution in [3.63, 3.8) is 0 Å². The van der Waals surface area contributed by atoms with Crippen LogP contribution in [0.4, 0.5) is 5.13 Å². The summed E-state index contributed by atoms with van der Waals surface area (Å²) < 4.78 is 5.81. The van der Waals surface area contributed by atoms with Crippen LogP contribution in [0.5, 0.6) is 5.75 Å². The van der Waals surface area contributed by atoms with Gasteiger partial charge in [-0.05, 0) is 42.3 Å². The summed E-state index contributed by atoms with van der Waals surface area (Å²) in [5.74, 6) is 0.835. The number of hydrazone groups is 1. The Morgan fingerprint density at radius 2 is 1.62 bits per heavy atom. The molecule has 4 aromatic rings. The predicted molar refractivity (Wildman–Crippen MR) is 121 cm³/mol. The van der Waals surface area contributed by atoms with Crippen molar-refractivity contribution >= 4 is 22.7 Å². The Morgan fingerprint density at radius 1 is 0.931 bits per heavy atom. The van der Waals surface area contributed by atoms with Gasteiger partial charge in [-0.3, -0.25) is 5.43 Å². The Bertz CT molecular complexity index is 1070. The summed E-state index contributed by atoms with van der Waals surface area (Å²) in [6, 6.07) is 28.2. The van der Waals surface area contributed by atoms with Crippen LogP contribution in [-0.4, -0.2) is 11.2 Å². The molecule has 0 saturated carbocycles. The highest BCUT2D eigenvalue weighted by atomic mass is 32.1. The number of nitrogens with zero attached hydrogens (tertiary/aromatic N) is 2. The number of hydrogen-bond donors (Lipinski definition) is 1. The maximum absolute atomic E-state index is 5.81. The van der Waals surface area contributed by atoms with Gasteiger partial charge in [-0.25, -0.2) is 4.98 Å². The molecule has 0 unspecified atom stereocenters. The van der Waals surface area contributed by atoms with E-state index in [-0.39, 0.29) is 0 Å². The van der Waals surface area contributed by atoms with Gasteiger partial charge in [-0.15, -0.1) is 11.3 Å². The van der Waals surface area contributed by atoms with Gasteiger partial charge in [0.25, 0.3) is 0 Å². The largest absolute Gasteiger partial charge is 0.489 e. The number of hydrogen-bond acceptors (Lipinski definition) is 5. The van der Waals surface area contributed by atoms with Gasteiger partial charge >= 0.3 is 0 Å². The van der Waals surface area contributed by atoms with Crippen molar-refractivity contribution < 1.29 is 4.74 Å². The molecule has 29 heavy (non-hydrogen) atoms. The molecular weight excluding hydrogens is 378 g/mol. The Kier molecular flexibility index (Phi) is 5.98. The number of aromatic nitrogens is 1. The number of rotatable bonds is 7. The molecule has 144 valence electrons. The summed E-state index contributed by atoms with van der Waals surface area (Å²) in [5.41, 5.74) is 7.28. The highest BCUT2D eigenvalue weighted by Crippen LogP contribution is 2.30. The molecule has 0 saturated heterocycles. The smallest absolute Gasteiger partial charge is 0.204 e. The molecule has 0 atom stereocenters. The van der Waals surface area contributed by atoms with Crippen LogP contribution in [0.15, 0.2) is 90.0 Å². The normalized spacial score (nSPS) is 10.9. The SMILES string of the molecule is Cc1sc(N/N=C\c2ccc(OCc3ccccc3)cc2)nc1-c1ccccc1. The van der Waals surface area contributed by atoms with E-state index in [9.17, 15) is 0 Å². The summed E-state index contributed by atoms with van der Waals surface area (Å²) >= 11 is 1.60. The fourth-order valence-corrected chi connectivity index (χ4v) is 3.65.